The standard InChI is InChI=1S/C16H22N4/c1-19(13-9-11-7-8-12(10-13)17-11)16-18-14-5-3-4-6-15(14)20(16)2/h3-6,11-13,17H,7-10H2,1-2H3. The van der Waals surface area contributed by atoms with Gasteiger partial charge in [0, 0.05) is 32.2 Å². The van der Waals surface area contributed by atoms with Crippen molar-refractivity contribution in [1.82, 2.24) is 14.9 Å². The van der Waals surface area contributed by atoms with Crippen molar-refractivity contribution >= 4 is 17.0 Å². The molecular formula is C16H22N4. The number of anilines is 1. The van der Waals surface area contributed by atoms with Gasteiger partial charge in [-0.05, 0) is 37.8 Å². The maximum absolute atomic E-state index is 4.83. The lowest BCUT2D eigenvalue weighted by Gasteiger charge is -2.36. The molecule has 106 valence electrons. The van der Waals surface area contributed by atoms with Gasteiger partial charge in [-0.15, -0.1) is 0 Å². The summed E-state index contributed by atoms with van der Waals surface area (Å²) in [6, 6.07) is 10.4. The second-order valence-corrected chi connectivity index (χ2v) is 6.33. The summed E-state index contributed by atoms with van der Waals surface area (Å²) < 4.78 is 2.22. The zero-order chi connectivity index (χ0) is 13.7. The van der Waals surface area contributed by atoms with E-state index in [1.165, 1.54) is 31.2 Å². The number of aryl methyl sites for hydroxylation is 1. The van der Waals surface area contributed by atoms with Crippen LogP contribution in [0.2, 0.25) is 0 Å². The first-order valence-corrected chi connectivity index (χ1v) is 7.62. The van der Waals surface area contributed by atoms with Crippen LogP contribution in [0.1, 0.15) is 25.7 Å². The third-order valence-corrected chi connectivity index (χ3v) is 5.07. The Morgan fingerprint density at radius 3 is 2.60 bits per heavy atom. The molecular weight excluding hydrogens is 248 g/mol. The van der Waals surface area contributed by atoms with Crippen LogP contribution in [0.15, 0.2) is 24.3 Å². The Balaban J connectivity index is 1.66. The summed E-state index contributed by atoms with van der Waals surface area (Å²) in [6.07, 6.45) is 5.18. The third kappa shape index (κ3) is 1.82. The summed E-state index contributed by atoms with van der Waals surface area (Å²) in [6.45, 7) is 0. The Labute approximate surface area is 119 Å². The molecule has 2 atom stereocenters. The topological polar surface area (TPSA) is 33.1 Å². The molecule has 2 fully saturated rings. The van der Waals surface area contributed by atoms with Crippen LogP contribution in [-0.4, -0.2) is 34.7 Å². The van der Waals surface area contributed by atoms with Crippen LogP contribution in [0.4, 0.5) is 5.95 Å². The summed E-state index contributed by atoms with van der Waals surface area (Å²) >= 11 is 0. The molecule has 3 heterocycles. The molecule has 2 saturated heterocycles. The summed E-state index contributed by atoms with van der Waals surface area (Å²) in [5.74, 6) is 1.09. The molecule has 4 heteroatoms. The molecule has 2 aliphatic heterocycles. The van der Waals surface area contributed by atoms with Gasteiger partial charge in [-0.3, -0.25) is 0 Å². The van der Waals surface area contributed by atoms with Crippen molar-refractivity contribution in [2.24, 2.45) is 7.05 Å². The number of aromatic nitrogens is 2. The minimum atomic E-state index is 0.615. The number of rotatable bonds is 2. The number of imidazole rings is 1. The highest BCUT2D eigenvalue weighted by atomic mass is 15.3. The van der Waals surface area contributed by atoms with Crippen LogP contribution in [0.25, 0.3) is 11.0 Å². The zero-order valence-corrected chi connectivity index (χ0v) is 12.2. The van der Waals surface area contributed by atoms with Crippen LogP contribution in [0, 0.1) is 0 Å². The molecule has 1 aromatic carbocycles. The van der Waals surface area contributed by atoms with Crippen LogP contribution in [-0.2, 0) is 7.05 Å². The fraction of sp³-hybridized carbons (Fsp3) is 0.562. The van der Waals surface area contributed by atoms with Crippen molar-refractivity contribution in [3.63, 3.8) is 0 Å². The summed E-state index contributed by atoms with van der Waals surface area (Å²) in [5.41, 5.74) is 2.31. The van der Waals surface area contributed by atoms with E-state index in [4.69, 9.17) is 4.98 Å². The summed E-state index contributed by atoms with van der Waals surface area (Å²) in [4.78, 5) is 7.22. The van der Waals surface area contributed by atoms with Crippen LogP contribution in [0.3, 0.4) is 0 Å². The summed E-state index contributed by atoms with van der Waals surface area (Å²) in [5, 5.41) is 3.71. The van der Waals surface area contributed by atoms with Gasteiger partial charge < -0.3 is 14.8 Å². The molecule has 2 aliphatic rings. The lowest BCUT2D eigenvalue weighted by atomic mass is 9.99. The number of piperidine rings is 1. The number of hydrogen-bond acceptors (Lipinski definition) is 3. The van der Waals surface area contributed by atoms with Gasteiger partial charge in [-0.25, -0.2) is 4.98 Å². The van der Waals surface area contributed by atoms with E-state index in [0.29, 0.717) is 6.04 Å². The first-order chi connectivity index (χ1) is 9.72. The van der Waals surface area contributed by atoms with E-state index in [-0.39, 0.29) is 0 Å². The first-order valence-electron chi connectivity index (χ1n) is 7.62. The Bertz CT molecular complexity index is 620. The van der Waals surface area contributed by atoms with E-state index >= 15 is 0 Å². The second-order valence-electron chi connectivity index (χ2n) is 6.33. The lowest BCUT2D eigenvalue weighted by molar-refractivity contribution is 0.352. The molecule has 4 nitrogen and oxygen atoms in total. The number of hydrogen-bond donors (Lipinski definition) is 1. The summed E-state index contributed by atoms with van der Waals surface area (Å²) in [7, 11) is 4.33. The van der Waals surface area contributed by atoms with Gasteiger partial charge in [-0.1, -0.05) is 12.1 Å². The highest BCUT2D eigenvalue weighted by Crippen LogP contribution is 2.31. The monoisotopic (exact) mass is 270 g/mol. The molecule has 0 amide bonds. The Morgan fingerprint density at radius 2 is 1.90 bits per heavy atom. The van der Waals surface area contributed by atoms with Crippen molar-refractivity contribution in [2.75, 3.05) is 11.9 Å². The van der Waals surface area contributed by atoms with Crippen LogP contribution in [0.5, 0.6) is 0 Å². The van der Waals surface area contributed by atoms with Crippen molar-refractivity contribution in [2.45, 2.75) is 43.8 Å². The predicted octanol–water partition coefficient (Wildman–Crippen LogP) is 2.29. The number of fused-ring (bicyclic) bond motifs is 3. The van der Waals surface area contributed by atoms with Gasteiger partial charge in [0.25, 0.3) is 0 Å². The number of para-hydroxylation sites is 2. The van der Waals surface area contributed by atoms with E-state index in [0.717, 1.165) is 23.5 Å². The molecule has 2 unspecified atom stereocenters. The van der Waals surface area contributed by atoms with Gasteiger partial charge >= 0.3 is 0 Å². The molecule has 2 aromatic rings. The molecule has 0 aliphatic carbocycles. The molecule has 0 saturated carbocycles. The van der Waals surface area contributed by atoms with Crippen molar-refractivity contribution < 1.29 is 0 Å². The molecule has 0 radical (unpaired) electrons. The normalized spacial score (nSPS) is 29.0. The smallest absolute Gasteiger partial charge is 0.206 e. The predicted molar refractivity (Wildman–Crippen MR) is 82.1 cm³/mol. The van der Waals surface area contributed by atoms with Crippen molar-refractivity contribution in [3.05, 3.63) is 24.3 Å². The lowest BCUT2D eigenvalue weighted by Crippen LogP contribution is -2.47. The highest BCUT2D eigenvalue weighted by Gasteiger charge is 2.36. The SMILES string of the molecule is CN(c1nc2ccccc2n1C)C1CC2CCC(C1)N2. The van der Waals surface area contributed by atoms with Gasteiger partial charge in [0.05, 0.1) is 11.0 Å². The number of nitrogens with zero attached hydrogens (tertiary/aromatic N) is 3. The van der Waals surface area contributed by atoms with Gasteiger partial charge in [0.1, 0.15) is 0 Å². The fourth-order valence-corrected chi connectivity index (χ4v) is 3.96. The maximum Gasteiger partial charge on any atom is 0.206 e. The minimum Gasteiger partial charge on any atom is -0.342 e. The van der Waals surface area contributed by atoms with Crippen molar-refractivity contribution in [1.29, 1.82) is 0 Å². The number of benzene rings is 1. The van der Waals surface area contributed by atoms with E-state index < -0.39 is 0 Å². The molecule has 0 spiro atoms. The second kappa shape index (κ2) is 4.48. The van der Waals surface area contributed by atoms with Gasteiger partial charge in [0.15, 0.2) is 0 Å². The first kappa shape index (κ1) is 12.2. The highest BCUT2D eigenvalue weighted by molar-refractivity contribution is 5.78. The minimum absolute atomic E-state index is 0.615. The third-order valence-electron chi connectivity index (χ3n) is 5.07. The van der Waals surface area contributed by atoms with Crippen LogP contribution < -0.4 is 10.2 Å². The average molecular weight is 270 g/mol. The van der Waals surface area contributed by atoms with E-state index in [2.05, 4.69) is 53.1 Å². The van der Waals surface area contributed by atoms with Crippen molar-refractivity contribution in [3.8, 4) is 0 Å². The number of nitrogens with one attached hydrogen (secondary N) is 1. The van der Waals surface area contributed by atoms with Gasteiger partial charge in [-0.2, -0.15) is 0 Å². The Hall–Kier alpha value is -1.55. The Kier molecular flexibility index (Phi) is 2.74. The molecule has 1 aromatic heterocycles. The maximum atomic E-state index is 4.83. The zero-order valence-electron chi connectivity index (χ0n) is 12.2. The van der Waals surface area contributed by atoms with Gasteiger partial charge in [0.2, 0.25) is 5.95 Å². The quantitative estimate of drug-likeness (QED) is 0.909. The Morgan fingerprint density at radius 1 is 1.20 bits per heavy atom. The molecule has 20 heavy (non-hydrogen) atoms. The average Bonchev–Trinajstić information content (AvgIpc) is 2.99. The largest absolute Gasteiger partial charge is 0.342 e. The molecule has 1 N–H and O–H groups in total. The van der Waals surface area contributed by atoms with Crippen LogP contribution >= 0.6 is 0 Å². The van der Waals surface area contributed by atoms with E-state index in [1.807, 2.05) is 0 Å². The molecule has 4 rings (SSSR count). The fourth-order valence-electron chi connectivity index (χ4n) is 3.96. The molecule has 2 bridgehead atoms. The van der Waals surface area contributed by atoms with E-state index in [1.54, 1.807) is 0 Å². The van der Waals surface area contributed by atoms with E-state index in [9.17, 15) is 0 Å².